The topological polar surface area (TPSA) is 92.3 Å². The third-order valence-electron chi connectivity index (χ3n) is 6.03. The molecule has 0 aliphatic carbocycles. The van der Waals surface area contributed by atoms with Gasteiger partial charge in [0.25, 0.3) is 10.0 Å². The Balaban J connectivity index is 1.44. The van der Waals surface area contributed by atoms with Gasteiger partial charge in [-0.2, -0.15) is 0 Å². The Labute approximate surface area is 225 Å². The predicted octanol–water partition coefficient (Wildman–Crippen LogP) is 5.85. The minimum Gasteiger partial charge on any atom is -0.325 e. The zero-order chi connectivity index (χ0) is 26.2. The lowest BCUT2D eigenvalue weighted by atomic mass is 10.1. The molecule has 7 nitrogen and oxygen atoms in total. The van der Waals surface area contributed by atoms with Crippen molar-refractivity contribution in [1.29, 1.82) is 0 Å². The van der Waals surface area contributed by atoms with E-state index in [4.69, 9.17) is 11.6 Å². The van der Waals surface area contributed by atoms with Gasteiger partial charge in [0, 0.05) is 16.3 Å². The molecule has 1 aromatic heterocycles. The Kier molecular flexibility index (Phi) is 6.94. The number of fused-ring (bicyclic) bond motifs is 3. The van der Waals surface area contributed by atoms with Crippen LogP contribution in [0.2, 0.25) is 5.02 Å². The molecule has 2 heterocycles. The second kappa shape index (κ2) is 10.2. The average Bonchev–Trinajstić information content (AvgIpc) is 2.88. The smallest absolute Gasteiger partial charge is 0.268 e. The third-order valence-corrected chi connectivity index (χ3v) is 8.89. The number of para-hydroxylation sites is 1. The van der Waals surface area contributed by atoms with Crippen LogP contribution in [-0.2, 0) is 21.4 Å². The highest BCUT2D eigenvalue weighted by Crippen LogP contribution is 2.44. The summed E-state index contributed by atoms with van der Waals surface area (Å²) in [5, 5.41) is 3.67. The highest BCUT2D eigenvalue weighted by Gasteiger charge is 2.37. The SMILES string of the molecule is Cc1cccc(C)c1NC(=O)CSc1ncc2c(n1)-c1ccc(Cl)cc1N(Cc1ccccc1)S2(=O)=O. The van der Waals surface area contributed by atoms with Crippen LogP contribution in [0.1, 0.15) is 16.7 Å². The summed E-state index contributed by atoms with van der Waals surface area (Å²) in [6.45, 7) is 4.02. The van der Waals surface area contributed by atoms with E-state index in [2.05, 4.69) is 15.3 Å². The largest absolute Gasteiger partial charge is 0.325 e. The number of anilines is 2. The zero-order valence-corrected chi connectivity index (χ0v) is 22.5. The van der Waals surface area contributed by atoms with E-state index in [9.17, 15) is 13.2 Å². The molecule has 0 saturated heterocycles. The first kappa shape index (κ1) is 25.3. The minimum atomic E-state index is -3.95. The number of rotatable bonds is 6. The number of sulfonamides is 1. The van der Waals surface area contributed by atoms with Gasteiger partial charge in [-0.25, -0.2) is 18.4 Å². The lowest BCUT2D eigenvalue weighted by Crippen LogP contribution is -2.34. The predicted molar refractivity (Wildman–Crippen MR) is 148 cm³/mol. The van der Waals surface area contributed by atoms with Gasteiger partial charge >= 0.3 is 0 Å². The van der Waals surface area contributed by atoms with Crippen molar-refractivity contribution in [2.75, 3.05) is 15.4 Å². The molecule has 1 amide bonds. The van der Waals surface area contributed by atoms with Crippen molar-refractivity contribution < 1.29 is 13.2 Å². The van der Waals surface area contributed by atoms with Gasteiger partial charge in [0.2, 0.25) is 5.91 Å². The number of nitrogens with one attached hydrogen (secondary N) is 1. The highest BCUT2D eigenvalue weighted by atomic mass is 35.5. The second-order valence-corrected chi connectivity index (χ2v) is 11.8. The molecule has 0 saturated carbocycles. The van der Waals surface area contributed by atoms with E-state index in [0.717, 1.165) is 34.1 Å². The molecule has 1 aliphatic heterocycles. The van der Waals surface area contributed by atoms with Gasteiger partial charge in [0.15, 0.2) is 5.16 Å². The molecule has 0 spiro atoms. The number of benzene rings is 3. The standard InChI is InChI=1S/C27H23ClN4O3S2/c1-17-7-6-8-18(2)25(17)30-24(33)16-36-27-29-14-23-26(31-27)21-12-11-20(28)13-22(21)32(37(23,34)35)15-19-9-4-3-5-10-19/h3-14H,15-16H2,1-2H3,(H,30,33). The molecular formula is C27H23ClN4O3S2. The molecule has 4 aromatic rings. The first-order chi connectivity index (χ1) is 17.7. The van der Waals surface area contributed by atoms with Gasteiger partial charge in [-0.15, -0.1) is 0 Å². The number of hydrogen-bond donors (Lipinski definition) is 1. The van der Waals surface area contributed by atoms with E-state index in [-0.39, 0.29) is 23.1 Å². The van der Waals surface area contributed by atoms with Crippen LogP contribution >= 0.6 is 23.4 Å². The summed E-state index contributed by atoms with van der Waals surface area (Å²) in [5.74, 6) is -0.120. The first-order valence-corrected chi connectivity index (χ1v) is 14.3. The summed E-state index contributed by atoms with van der Waals surface area (Å²) in [5.41, 5.74) is 4.95. The Morgan fingerprint density at radius 3 is 2.49 bits per heavy atom. The third kappa shape index (κ3) is 5.07. The Morgan fingerprint density at radius 2 is 1.76 bits per heavy atom. The Bertz CT molecular complexity index is 1590. The van der Waals surface area contributed by atoms with E-state index in [1.54, 1.807) is 18.2 Å². The van der Waals surface area contributed by atoms with Crippen LogP contribution in [0.4, 0.5) is 11.4 Å². The van der Waals surface area contributed by atoms with Gasteiger partial charge < -0.3 is 5.32 Å². The quantitative estimate of drug-likeness (QED) is 0.239. The van der Waals surface area contributed by atoms with Crippen LogP contribution in [0, 0.1) is 13.8 Å². The number of hydrogen-bond acceptors (Lipinski definition) is 6. The molecule has 5 rings (SSSR count). The number of aromatic nitrogens is 2. The summed E-state index contributed by atoms with van der Waals surface area (Å²) in [6, 6.07) is 20.3. The van der Waals surface area contributed by atoms with E-state index < -0.39 is 10.0 Å². The fourth-order valence-corrected chi connectivity index (χ4v) is 6.54. The van der Waals surface area contributed by atoms with Crippen LogP contribution in [0.5, 0.6) is 0 Å². The number of aryl methyl sites for hydroxylation is 2. The van der Waals surface area contributed by atoms with Gasteiger partial charge in [-0.05, 0) is 48.7 Å². The molecule has 37 heavy (non-hydrogen) atoms. The van der Waals surface area contributed by atoms with E-state index in [1.165, 1.54) is 10.5 Å². The van der Waals surface area contributed by atoms with E-state index in [0.29, 0.717) is 27.1 Å². The fraction of sp³-hybridized carbons (Fsp3) is 0.148. The maximum Gasteiger partial charge on any atom is 0.268 e. The lowest BCUT2D eigenvalue weighted by Gasteiger charge is -2.31. The van der Waals surface area contributed by atoms with Crippen molar-refractivity contribution >= 4 is 50.7 Å². The minimum absolute atomic E-state index is 0.0163. The Morgan fingerprint density at radius 1 is 1.03 bits per heavy atom. The van der Waals surface area contributed by atoms with Crippen molar-refractivity contribution in [2.24, 2.45) is 0 Å². The molecular weight excluding hydrogens is 528 g/mol. The molecule has 1 aliphatic rings. The number of carbonyl (C=O) groups excluding carboxylic acids is 1. The fourth-order valence-electron chi connectivity index (χ4n) is 4.20. The van der Waals surface area contributed by atoms with Crippen molar-refractivity contribution in [3.63, 3.8) is 0 Å². The average molecular weight is 551 g/mol. The molecule has 10 heteroatoms. The molecule has 0 bridgehead atoms. The van der Waals surface area contributed by atoms with Crippen LogP contribution < -0.4 is 9.62 Å². The summed E-state index contributed by atoms with van der Waals surface area (Å²) in [7, 11) is -3.95. The number of thioether (sulfide) groups is 1. The number of nitrogens with zero attached hydrogens (tertiary/aromatic N) is 3. The van der Waals surface area contributed by atoms with Crippen LogP contribution in [0.25, 0.3) is 11.3 Å². The van der Waals surface area contributed by atoms with Gasteiger partial charge in [0.1, 0.15) is 4.90 Å². The van der Waals surface area contributed by atoms with Gasteiger partial charge in [-0.3, -0.25) is 9.10 Å². The van der Waals surface area contributed by atoms with E-state index in [1.807, 2.05) is 62.4 Å². The summed E-state index contributed by atoms with van der Waals surface area (Å²) in [6.07, 6.45) is 1.32. The number of amides is 1. The van der Waals surface area contributed by atoms with Crippen molar-refractivity contribution in [1.82, 2.24) is 9.97 Å². The zero-order valence-electron chi connectivity index (χ0n) is 20.1. The van der Waals surface area contributed by atoms with Crippen molar-refractivity contribution in [2.45, 2.75) is 30.4 Å². The maximum absolute atomic E-state index is 13.7. The highest BCUT2D eigenvalue weighted by molar-refractivity contribution is 7.99. The second-order valence-electron chi connectivity index (χ2n) is 8.63. The molecule has 188 valence electrons. The van der Waals surface area contributed by atoms with Crippen molar-refractivity contribution in [3.8, 4) is 11.3 Å². The van der Waals surface area contributed by atoms with Crippen LogP contribution in [0.15, 0.2) is 83.0 Å². The lowest BCUT2D eigenvalue weighted by molar-refractivity contribution is -0.113. The summed E-state index contributed by atoms with van der Waals surface area (Å²) >= 11 is 7.41. The summed E-state index contributed by atoms with van der Waals surface area (Å²) < 4.78 is 28.7. The van der Waals surface area contributed by atoms with Crippen LogP contribution in [-0.4, -0.2) is 30.0 Å². The molecule has 0 atom stereocenters. The number of carbonyl (C=O) groups is 1. The van der Waals surface area contributed by atoms with Gasteiger partial charge in [0.05, 0.1) is 29.9 Å². The normalized spacial score (nSPS) is 13.5. The molecule has 0 radical (unpaired) electrons. The first-order valence-electron chi connectivity index (χ1n) is 11.5. The summed E-state index contributed by atoms with van der Waals surface area (Å²) in [4.78, 5) is 21.5. The van der Waals surface area contributed by atoms with Crippen molar-refractivity contribution in [3.05, 3.63) is 94.6 Å². The number of halogens is 1. The molecule has 0 fully saturated rings. The van der Waals surface area contributed by atoms with Gasteiger partial charge in [-0.1, -0.05) is 71.9 Å². The Hall–Kier alpha value is -3.40. The van der Waals surface area contributed by atoms with Crippen LogP contribution in [0.3, 0.4) is 0 Å². The molecule has 3 aromatic carbocycles. The molecule has 1 N–H and O–H groups in total. The molecule has 0 unspecified atom stereocenters. The monoisotopic (exact) mass is 550 g/mol. The van der Waals surface area contributed by atoms with E-state index >= 15 is 0 Å². The maximum atomic E-state index is 13.7.